The summed E-state index contributed by atoms with van der Waals surface area (Å²) in [5.74, 6) is 0.600. The van der Waals surface area contributed by atoms with Gasteiger partial charge in [0, 0.05) is 64.6 Å². The van der Waals surface area contributed by atoms with Crippen LogP contribution >= 0.6 is 0 Å². The number of rotatable bonds is 11. The fourth-order valence-electron chi connectivity index (χ4n) is 8.64. The van der Waals surface area contributed by atoms with E-state index in [4.69, 9.17) is 14.4 Å². The summed E-state index contributed by atoms with van der Waals surface area (Å²) < 4.78 is 6.98. The van der Waals surface area contributed by atoms with Gasteiger partial charge in [0.25, 0.3) is 0 Å². The minimum absolute atomic E-state index is 0.132. The van der Waals surface area contributed by atoms with E-state index < -0.39 is 0 Å². The second-order valence-corrected chi connectivity index (χ2v) is 16.0. The number of nitrogens with zero attached hydrogens (tertiary/aromatic N) is 2. The summed E-state index contributed by atoms with van der Waals surface area (Å²) in [5.41, 5.74) is 13.7. The van der Waals surface area contributed by atoms with Crippen LogP contribution < -0.4 is 16.1 Å². The van der Waals surface area contributed by atoms with Gasteiger partial charge < -0.3 is 20.2 Å². The number of benzene rings is 7. The second-order valence-electron chi connectivity index (χ2n) is 16.0. The maximum absolute atomic E-state index is 14.0. The fraction of sp³-hybridized carbons (Fsp3) is 0.109. The monoisotopic (exact) mass is 808 g/mol. The van der Waals surface area contributed by atoms with Crippen molar-refractivity contribution >= 4 is 44.1 Å². The lowest BCUT2D eigenvalue weighted by Crippen LogP contribution is -2.15. The topological polar surface area (TPSA) is 100 Å². The van der Waals surface area contributed by atoms with Gasteiger partial charge in [0.2, 0.25) is 0 Å². The van der Waals surface area contributed by atoms with Crippen molar-refractivity contribution < 1.29 is 9.52 Å². The lowest BCUT2D eigenvalue weighted by Gasteiger charge is -2.22. The zero-order valence-electron chi connectivity index (χ0n) is 34.6. The Morgan fingerprint density at radius 2 is 1.11 bits per heavy atom. The summed E-state index contributed by atoms with van der Waals surface area (Å²) in [6.07, 6.45) is 1.43. The van der Waals surface area contributed by atoms with Gasteiger partial charge in [-0.1, -0.05) is 121 Å². The molecule has 7 heteroatoms. The summed E-state index contributed by atoms with van der Waals surface area (Å²) in [7, 11) is 0. The number of hydrogen-bond donors (Lipinski definition) is 3. The van der Waals surface area contributed by atoms with Gasteiger partial charge in [-0.05, 0) is 84.1 Å². The first-order valence-corrected chi connectivity index (χ1v) is 21.0. The molecule has 8 aromatic rings. The van der Waals surface area contributed by atoms with Crippen molar-refractivity contribution in [1.82, 2.24) is 9.97 Å². The molecule has 1 aliphatic heterocycles. The highest BCUT2D eigenvalue weighted by molar-refractivity contribution is 6.05. The van der Waals surface area contributed by atoms with Crippen molar-refractivity contribution in [3.63, 3.8) is 0 Å². The molecule has 302 valence electrons. The molecule has 7 nitrogen and oxygen atoms in total. The Bertz CT molecular complexity index is 3310. The van der Waals surface area contributed by atoms with Crippen LogP contribution in [0.25, 0.3) is 55.2 Å². The summed E-state index contributed by atoms with van der Waals surface area (Å²) in [4.78, 5) is 24.2. The molecule has 1 aliphatic carbocycles. The van der Waals surface area contributed by atoms with Gasteiger partial charge in [-0.25, -0.2) is 0 Å². The Morgan fingerprint density at radius 1 is 0.548 bits per heavy atom. The van der Waals surface area contributed by atoms with Crippen molar-refractivity contribution in [3.05, 3.63) is 219 Å². The highest BCUT2D eigenvalue weighted by atomic mass is 16.3. The number of aromatic hydroxyl groups is 1. The molecular weight excluding hydrogens is 765 g/mol. The van der Waals surface area contributed by atoms with E-state index in [1.807, 2.05) is 91.9 Å². The minimum atomic E-state index is -0.147. The van der Waals surface area contributed by atoms with Crippen molar-refractivity contribution in [3.8, 4) is 28.2 Å². The molecule has 3 N–H and O–H groups in total. The molecule has 0 saturated carbocycles. The Hall–Kier alpha value is -7.77. The van der Waals surface area contributed by atoms with E-state index >= 15 is 0 Å². The highest BCUT2D eigenvalue weighted by Crippen LogP contribution is 2.46. The average molecular weight is 809 g/mol. The lowest BCUT2D eigenvalue weighted by molar-refractivity contribution is 0.463. The van der Waals surface area contributed by atoms with Gasteiger partial charge in [-0.3, -0.25) is 14.8 Å². The van der Waals surface area contributed by atoms with Crippen molar-refractivity contribution in [2.75, 3.05) is 10.6 Å². The maximum Gasteiger partial charge on any atom is 0.187 e. The molecule has 10 rings (SSSR count). The summed E-state index contributed by atoms with van der Waals surface area (Å²) >= 11 is 0. The number of aryl methyl sites for hydroxylation is 2. The normalized spacial score (nSPS) is 11.5. The predicted octanol–water partition coefficient (Wildman–Crippen LogP) is 12.4. The van der Waals surface area contributed by atoms with Crippen LogP contribution in [-0.4, -0.2) is 15.1 Å². The van der Waals surface area contributed by atoms with Crippen molar-refractivity contribution in [2.24, 2.45) is 0 Å². The summed E-state index contributed by atoms with van der Waals surface area (Å²) in [5, 5.41) is 21.9. The third kappa shape index (κ3) is 7.39. The smallest absolute Gasteiger partial charge is 0.187 e. The maximum atomic E-state index is 14.0. The number of aromatic nitrogens is 2. The minimum Gasteiger partial charge on any atom is -0.507 e. The Kier molecular flexibility index (Phi) is 10.1. The number of fused-ring (bicyclic) bond motifs is 4. The molecule has 2 aliphatic rings. The van der Waals surface area contributed by atoms with E-state index in [1.54, 1.807) is 6.07 Å². The molecule has 0 amide bonds. The summed E-state index contributed by atoms with van der Waals surface area (Å²) in [6, 6.07) is 54.9. The van der Waals surface area contributed by atoms with Gasteiger partial charge in [-0.2, -0.15) is 0 Å². The highest BCUT2D eigenvalue weighted by Gasteiger charge is 2.26. The number of anilines is 2. The molecule has 0 bridgehead atoms. The zero-order valence-corrected chi connectivity index (χ0v) is 34.6. The zero-order chi connectivity index (χ0) is 42.2. The van der Waals surface area contributed by atoms with Crippen molar-refractivity contribution in [1.29, 1.82) is 0 Å². The number of para-hydroxylation sites is 2. The van der Waals surface area contributed by atoms with Crippen LogP contribution in [0.4, 0.5) is 11.4 Å². The number of phenols is 1. The molecule has 0 atom stereocenters. The Balaban J connectivity index is 1.07. The van der Waals surface area contributed by atoms with Gasteiger partial charge in [0.1, 0.15) is 17.1 Å². The molecule has 0 fully saturated rings. The Labute approximate surface area is 359 Å². The van der Waals surface area contributed by atoms with E-state index in [1.165, 1.54) is 11.1 Å². The number of pyridine rings is 2. The van der Waals surface area contributed by atoms with Crippen LogP contribution in [0.1, 0.15) is 44.8 Å². The number of hydrogen-bond acceptors (Lipinski definition) is 7. The van der Waals surface area contributed by atoms with Crippen LogP contribution in [0, 0.1) is 13.8 Å². The quantitative estimate of drug-likeness (QED) is 0.112. The van der Waals surface area contributed by atoms with E-state index in [-0.39, 0.29) is 24.3 Å². The fourth-order valence-corrected chi connectivity index (χ4v) is 8.64. The van der Waals surface area contributed by atoms with Crippen LogP contribution in [0.15, 0.2) is 173 Å². The number of nitrogens with one attached hydrogen (secondary N) is 2. The third-order valence-corrected chi connectivity index (χ3v) is 11.8. The van der Waals surface area contributed by atoms with E-state index in [9.17, 15) is 9.90 Å². The van der Waals surface area contributed by atoms with Crippen LogP contribution in [0.5, 0.6) is 5.75 Å². The number of phenolic OH excluding ortho intramolecular Hbond substituents is 1. The molecule has 62 heavy (non-hydrogen) atoms. The second kappa shape index (κ2) is 16.4. The van der Waals surface area contributed by atoms with Gasteiger partial charge in [0.05, 0.1) is 33.5 Å². The largest absolute Gasteiger partial charge is 0.507 e. The first-order chi connectivity index (χ1) is 30.4. The third-order valence-electron chi connectivity index (χ3n) is 11.8. The molecule has 0 unspecified atom stereocenters. The first-order valence-electron chi connectivity index (χ1n) is 21.0. The molecular formula is C55H44N4O3. The van der Waals surface area contributed by atoms with Gasteiger partial charge >= 0.3 is 0 Å². The van der Waals surface area contributed by atoms with E-state index in [2.05, 4.69) is 90.4 Å². The average Bonchev–Trinajstić information content (AvgIpc) is 3.29. The molecule has 2 aromatic heterocycles. The first kappa shape index (κ1) is 38.4. The predicted molar refractivity (Wildman–Crippen MR) is 252 cm³/mol. The SMILES string of the molecule is Cc1ccccc1-c1c2ccc(=O)c(CNc3cccc4ccc(Cc5ccccc5)nc34)c-2oc2c(CNc3cccc4ccc(Cc5ccccc5)nc34)c(O)c(C)cc12. The molecule has 0 spiro atoms. The van der Waals surface area contributed by atoms with Gasteiger partial charge in [0.15, 0.2) is 5.43 Å². The summed E-state index contributed by atoms with van der Waals surface area (Å²) in [6.45, 7) is 4.45. The van der Waals surface area contributed by atoms with Crippen LogP contribution in [-0.2, 0) is 25.9 Å². The standard InChI is InChI=1S/C55H44N4O3/c1-34-13-9-10-20-42(34)50-43-27-28-49(60)45(32-56-47-21-11-18-38-23-25-40(58-51(38)47)30-36-14-5-3-6-15-36)54(43)62-55-44(50)29-35(2)53(61)46(55)33-57-48-22-12-19-39-24-26-41(59-52(39)48)31-37-16-7-4-8-17-37/h3-29,56-57,61H,30-33H2,1-2H3. The molecule has 0 saturated heterocycles. The van der Waals surface area contributed by atoms with E-state index in [0.29, 0.717) is 35.3 Å². The molecule has 3 heterocycles. The van der Waals surface area contributed by atoms with Crippen molar-refractivity contribution in [2.45, 2.75) is 39.8 Å². The van der Waals surface area contributed by atoms with Gasteiger partial charge in [-0.15, -0.1) is 0 Å². The molecule has 6 aromatic carbocycles. The lowest BCUT2D eigenvalue weighted by atomic mass is 9.88. The Morgan fingerprint density at radius 3 is 1.71 bits per heavy atom. The molecule has 0 radical (unpaired) electrons. The van der Waals surface area contributed by atoms with Crippen LogP contribution in [0.2, 0.25) is 0 Å². The van der Waals surface area contributed by atoms with E-state index in [0.717, 1.165) is 77.8 Å². The van der Waals surface area contributed by atoms with Crippen LogP contribution in [0.3, 0.4) is 0 Å².